The molecule has 4 heteroatoms. The number of hydrogen-bond acceptors (Lipinski definition) is 4. The van der Waals surface area contributed by atoms with Gasteiger partial charge < -0.3 is 14.2 Å². The van der Waals surface area contributed by atoms with E-state index in [1.54, 1.807) is 0 Å². The molecule has 0 spiro atoms. The van der Waals surface area contributed by atoms with Crippen LogP contribution in [0.5, 0.6) is 0 Å². The van der Waals surface area contributed by atoms with Crippen LogP contribution in [0, 0.1) is 0 Å². The molecule has 0 aromatic heterocycles. The average molecular weight is 216 g/mol. The molecule has 1 fully saturated rings. The van der Waals surface area contributed by atoms with E-state index in [1.807, 2.05) is 27.7 Å². The molecular weight excluding hydrogens is 196 g/mol. The maximum Gasteiger partial charge on any atom is 0.308 e. The summed E-state index contributed by atoms with van der Waals surface area (Å²) in [4.78, 5) is 11.4. The molecule has 88 valence electrons. The Morgan fingerprint density at radius 3 is 2.73 bits per heavy atom. The van der Waals surface area contributed by atoms with Crippen LogP contribution in [0.15, 0.2) is 0 Å². The van der Waals surface area contributed by atoms with Crippen LogP contribution in [0.2, 0.25) is 0 Å². The van der Waals surface area contributed by atoms with E-state index < -0.39 is 5.79 Å². The van der Waals surface area contributed by atoms with Gasteiger partial charge in [0.25, 0.3) is 0 Å². The van der Waals surface area contributed by atoms with Crippen molar-refractivity contribution in [1.82, 2.24) is 0 Å². The second-order valence-electron chi connectivity index (χ2n) is 4.52. The van der Waals surface area contributed by atoms with Gasteiger partial charge in [-0.1, -0.05) is 0 Å². The van der Waals surface area contributed by atoms with Gasteiger partial charge in [-0.15, -0.1) is 0 Å². The molecule has 4 nitrogen and oxygen atoms in total. The van der Waals surface area contributed by atoms with E-state index in [-0.39, 0.29) is 18.2 Å². The van der Waals surface area contributed by atoms with Crippen molar-refractivity contribution in [3.05, 3.63) is 0 Å². The Kier molecular flexibility index (Phi) is 4.11. The smallest absolute Gasteiger partial charge is 0.308 e. The number of ether oxygens (including phenoxy) is 3. The molecule has 1 atom stereocenters. The number of rotatable bonds is 3. The maximum atomic E-state index is 11.4. The maximum absolute atomic E-state index is 11.4. The fourth-order valence-corrected chi connectivity index (χ4v) is 1.57. The Labute approximate surface area is 90.9 Å². The lowest BCUT2D eigenvalue weighted by atomic mass is 10.1. The van der Waals surface area contributed by atoms with E-state index in [0.717, 1.165) is 6.42 Å². The Morgan fingerprint density at radius 2 is 2.20 bits per heavy atom. The summed E-state index contributed by atoms with van der Waals surface area (Å²) in [6.07, 6.45) is 0.909. The first kappa shape index (κ1) is 12.5. The van der Waals surface area contributed by atoms with Gasteiger partial charge in [0.15, 0.2) is 5.79 Å². The van der Waals surface area contributed by atoms with Crippen molar-refractivity contribution in [1.29, 1.82) is 0 Å². The van der Waals surface area contributed by atoms with Gasteiger partial charge in [-0.3, -0.25) is 4.79 Å². The Hall–Kier alpha value is -0.610. The lowest BCUT2D eigenvalue weighted by Crippen LogP contribution is -2.40. The third-order valence-corrected chi connectivity index (χ3v) is 2.10. The van der Waals surface area contributed by atoms with Crippen molar-refractivity contribution in [3.8, 4) is 0 Å². The van der Waals surface area contributed by atoms with Crippen LogP contribution in [0.1, 0.15) is 40.5 Å². The molecule has 1 saturated heterocycles. The summed E-state index contributed by atoms with van der Waals surface area (Å²) in [5, 5.41) is 0. The zero-order valence-electron chi connectivity index (χ0n) is 9.91. The van der Waals surface area contributed by atoms with Crippen LogP contribution in [0.4, 0.5) is 0 Å². The summed E-state index contributed by atoms with van der Waals surface area (Å²) >= 11 is 0. The molecule has 0 N–H and O–H groups in total. The molecule has 1 unspecified atom stereocenters. The van der Waals surface area contributed by atoms with E-state index in [4.69, 9.17) is 14.2 Å². The first-order chi connectivity index (χ1) is 6.89. The van der Waals surface area contributed by atoms with Gasteiger partial charge in [0.05, 0.1) is 25.2 Å². The van der Waals surface area contributed by atoms with E-state index in [1.165, 1.54) is 0 Å². The normalized spacial score (nSPS) is 25.3. The van der Waals surface area contributed by atoms with Crippen LogP contribution < -0.4 is 0 Å². The molecule has 0 saturated carbocycles. The van der Waals surface area contributed by atoms with Gasteiger partial charge in [0, 0.05) is 0 Å². The Balaban J connectivity index is 2.35. The molecule has 0 bridgehead atoms. The first-order valence-electron chi connectivity index (χ1n) is 5.40. The minimum Gasteiger partial charge on any atom is -0.463 e. The summed E-state index contributed by atoms with van der Waals surface area (Å²) in [6.45, 7) is 8.02. The highest BCUT2D eigenvalue weighted by Crippen LogP contribution is 2.23. The predicted octanol–water partition coefficient (Wildman–Crippen LogP) is 1.87. The molecular formula is C11H20O4. The highest BCUT2D eigenvalue weighted by molar-refractivity contribution is 5.70. The minimum absolute atomic E-state index is 0.0645. The Bertz CT molecular complexity index is 223. The van der Waals surface area contributed by atoms with Crippen molar-refractivity contribution < 1.29 is 19.0 Å². The fourth-order valence-electron chi connectivity index (χ4n) is 1.57. The molecule has 0 radical (unpaired) electrons. The van der Waals surface area contributed by atoms with Crippen LogP contribution in [-0.4, -0.2) is 30.6 Å². The van der Waals surface area contributed by atoms with E-state index in [0.29, 0.717) is 13.0 Å². The van der Waals surface area contributed by atoms with Crippen molar-refractivity contribution >= 4 is 5.97 Å². The zero-order valence-corrected chi connectivity index (χ0v) is 9.91. The molecule has 0 aromatic carbocycles. The van der Waals surface area contributed by atoms with E-state index in [9.17, 15) is 4.79 Å². The lowest BCUT2D eigenvalue weighted by molar-refractivity contribution is -0.273. The first-order valence-corrected chi connectivity index (χ1v) is 5.40. The van der Waals surface area contributed by atoms with Gasteiger partial charge in [-0.2, -0.15) is 0 Å². The molecule has 0 aromatic rings. The molecule has 1 aliphatic rings. The second-order valence-corrected chi connectivity index (χ2v) is 4.52. The van der Waals surface area contributed by atoms with Gasteiger partial charge in [0.1, 0.15) is 0 Å². The lowest BCUT2D eigenvalue weighted by Gasteiger charge is -2.35. The highest BCUT2D eigenvalue weighted by atomic mass is 16.7. The quantitative estimate of drug-likeness (QED) is 0.675. The Morgan fingerprint density at radius 1 is 1.53 bits per heavy atom. The van der Waals surface area contributed by atoms with E-state index in [2.05, 4.69) is 0 Å². The van der Waals surface area contributed by atoms with Crippen molar-refractivity contribution in [2.75, 3.05) is 6.61 Å². The molecule has 0 aliphatic carbocycles. The topological polar surface area (TPSA) is 44.8 Å². The van der Waals surface area contributed by atoms with Gasteiger partial charge in [-0.25, -0.2) is 0 Å². The highest BCUT2D eigenvalue weighted by Gasteiger charge is 2.30. The standard InChI is InChI=1S/C11H20O4/c1-8(2)14-10(12)7-9-5-6-13-11(3,4)15-9/h8-9H,5-7H2,1-4H3. The van der Waals surface area contributed by atoms with Gasteiger partial charge >= 0.3 is 5.97 Å². The molecule has 15 heavy (non-hydrogen) atoms. The van der Waals surface area contributed by atoms with Crippen LogP contribution in [-0.2, 0) is 19.0 Å². The molecule has 1 heterocycles. The third-order valence-electron chi connectivity index (χ3n) is 2.10. The van der Waals surface area contributed by atoms with Crippen molar-refractivity contribution in [2.24, 2.45) is 0 Å². The fraction of sp³-hybridized carbons (Fsp3) is 0.909. The van der Waals surface area contributed by atoms with Gasteiger partial charge in [0.2, 0.25) is 0 Å². The molecule has 1 aliphatic heterocycles. The van der Waals surface area contributed by atoms with Crippen molar-refractivity contribution in [3.63, 3.8) is 0 Å². The van der Waals surface area contributed by atoms with Gasteiger partial charge in [-0.05, 0) is 34.1 Å². The predicted molar refractivity (Wildman–Crippen MR) is 55.4 cm³/mol. The van der Waals surface area contributed by atoms with Crippen LogP contribution in [0.25, 0.3) is 0 Å². The summed E-state index contributed by atoms with van der Waals surface area (Å²) in [7, 11) is 0. The second kappa shape index (κ2) is 4.94. The number of hydrogen-bond donors (Lipinski definition) is 0. The average Bonchev–Trinajstić information content (AvgIpc) is 1.99. The van der Waals surface area contributed by atoms with Crippen molar-refractivity contribution in [2.45, 2.75) is 58.5 Å². The largest absolute Gasteiger partial charge is 0.463 e. The minimum atomic E-state index is -0.582. The number of carbonyl (C=O) groups excluding carboxylic acids is 1. The molecule has 0 amide bonds. The summed E-state index contributed by atoms with van der Waals surface area (Å²) < 4.78 is 16.0. The third kappa shape index (κ3) is 4.62. The van der Waals surface area contributed by atoms with Crippen LogP contribution >= 0.6 is 0 Å². The molecule has 1 rings (SSSR count). The number of carbonyl (C=O) groups is 1. The summed E-state index contributed by atoms with van der Waals surface area (Å²) in [5.74, 6) is -0.784. The summed E-state index contributed by atoms with van der Waals surface area (Å²) in [6, 6.07) is 0. The van der Waals surface area contributed by atoms with Crippen LogP contribution in [0.3, 0.4) is 0 Å². The summed E-state index contributed by atoms with van der Waals surface area (Å²) in [5.41, 5.74) is 0. The monoisotopic (exact) mass is 216 g/mol. The SMILES string of the molecule is CC(C)OC(=O)CC1CCOC(C)(C)O1. The number of esters is 1. The zero-order chi connectivity index (χ0) is 11.5. The van der Waals surface area contributed by atoms with E-state index >= 15 is 0 Å².